The maximum atomic E-state index is 11.9. The molecule has 0 radical (unpaired) electrons. The number of ether oxygens (including phenoxy) is 1. The summed E-state index contributed by atoms with van der Waals surface area (Å²) >= 11 is 0. The highest BCUT2D eigenvalue weighted by Crippen LogP contribution is 2.46. The van der Waals surface area contributed by atoms with Crippen molar-refractivity contribution in [3.63, 3.8) is 0 Å². The molecule has 0 amide bonds. The van der Waals surface area contributed by atoms with E-state index in [-0.39, 0.29) is 0 Å². The summed E-state index contributed by atoms with van der Waals surface area (Å²) in [6.07, 6.45) is 4.73. The van der Waals surface area contributed by atoms with Crippen LogP contribution in [0, 0.1) is 5.92 Å². The summed E-state index contributed by atoms with van der Waals surface area (Å²) in [5, 5.41) is 17.6. The first kappa shape index (κ1) is 16.3. The van der Waals surface area contributed by atoms with Crippen molar-refractivity contribution in [2.75, 3.05) is 6.61 Å². The maximum Gasteiger partial charge on any atom is 0.314 e. The van der Waals surface area contributed by atoms with Crippen LogP contribution in [0.2, 0.25) is 0 Å². The van der Waals surface area contributed by atoms with Gasteiger partial charge in [0, 0.05) is 5.56 Å². The van der Waals surface area contributed by atoms with Crippen LogP contribution in [-0.4, -0.2) is 28.0 Å². The summed E-state index contributed by atoms with van der Waals surface area (Å²) in [6.45, 7) is 0.699. The number of carbonyl (C=O) groups is 1. The molecule has 0 aliphatic heterocycles. The average molecular weight is 364 g/mol. The highest BCUT2D eigenvalue weighted by atomic mass is 16.6. The predicted octanol–water partition coefficient (Wildman–Crippen LogP) is 4.18. The molecule has 0 bridgehead atoms. The molecule has 5 rings (SSSR count). The third kappa shape index (κ3) is 2.76. The van der Waals surface area contributed by atoms with Crippen LogP contribution in [0.1, 0.15) is 37.7 Å². The van der Waals surface area contributed by atoms with Crippen LogP contribution in [0.15, 0.2) is 41.0 Å². The molecule has 138 valence electrons. The summed E-state index contributed by atoms with van der Waals surface area (Å²) in [6, 6.07) is 11.5. The first-order valence-electron chi connectivity index (χ1n) is 9.39. The Morgan fingerprint density at radius 2 is 1.96 bits per heavy atom. The monoisotopic (exact) mass is 364 g/mol. The third-order valence-corrected chi connectivity index (χ3v) is 5.88. The molecule has 27 heavy (non-hydrogen) atoms. The lowest BCUT2D eigenvalue weighted by molar-refractivity contribution is -0.147. The van der Waals surface area contributed by atoms with Gasteiger partial charge in [0.2, 0.25) is 0 Å². The summed E-state index contributed by atoms with van der Waals surface area (Å²) in [5.74, 6) is 0.667. The largest absolute Gasteiger partial charge is 0.493 e. The number of benzene rings is 2. The summed E-state index contributed by atoms with van der Waals surface area (Å²) < 4.78 is 10.9. The molecule has 2 aliphatic carbocycles. The van der Waals surface area contributed by atoms with Gasteiger partial charge in [-0.25, -0.2) is 4.63 Å². The molecular formula is C21H20N2O4. The summed E-state index contributed by atoms with van der Waals surface area (Å²) in [7, 11) is 0. The lowest BCUT2D eigenvalue weighted by Crippen LogP contribution is -2.42. The predicted molar refractivity (Wildman–Crippen MR) is 98.6 cm³/mol. The van der Waals surface area contributed by atoms with Crippen molar-refractivity contribution < 1.29 is 19.3 Å². The van der Waals surface area contributed by atoms with E-state index >= 15 is 0 Å². The Morgan fingerprint density at radius 3 is 2.67 bits per heavy atom. The van der Waals surface area contributed by atoms with Crippen molar-refractivity contribution in [2.24, 2.45) is 5.92 Å². The Balaban J connectivity index is 1.60. The van der Waals surface area contributed by atoms with Crippen molar-refractivity contribution >= 4 is 17.0 Å². The van der Waals surface area contributed by atoms with Gasteiger partial charge in [-0.2, -0.15) is 0 Å². The van der Waals surface area contributed by atoms with Gasteiger partial charge >= 0.3 is 5.97 Å². The standard InChI is InChI=1S/C21H20N2O4/c24-20(25)21(8-1-9-21)15-5-7-19(26-12-13-2-3-13)16(11-15)14-4-6-17-18(10-14)23-27-22-17/h4-7,10-11,13H,1-3,8-9,12H2,(H,24,25). The van der Waals surface area contributed by atoms with Gasteiger partial charge in [0.1, 0.15) is 16.8 Å². The second kappa shape index (κ2) is 6.08. The van der Waals surface area contributed by atoms with Gasteiger partial charge in [-0.15, -0.1) is 0 Å². The molecule has 1 heterocycles. The molecule has 2 aliphatic rings. The number of hydrogen-bond donors (Lipinski definition) is 1. The lowest BCUT2D eigenvalue weighted by atomic mass is 9.64. The highest BCUT2D eigenvalue weighted by Gasteiger charge is 2.46. The fourth-order valence-electron chi connectivity index (χ4n) is 3.78. The Labute approximate surface area is 156 Å². The van der Waals surface area contributed by atoms with Crippen LogP contribution in [-0.2, 0) is 10.2 Å². The number of fused-ring (bicyclic) bond motifs is 1. The molecule has 6 nitrogen and oxygen atoms in total. The molecule has 2 saturated carbocycles. The van der Waals surface area contributed by atoms with Crippen LogP contribution >= 0.6 is 0 Å². The zero-order valence-corrected chi connectivity index (χ0v) is 14.9. The minimum absolute atomic E-state index is 0.636. The number of aromatic nitrogens is 2. The third-order valence-electron chi connectivity index (χ3n) is 5.88. The fourth-order valence-corrected chi connectivity index (χ4v) is 3.78. The zero-order valence-electron chi connectivity index (χ0n) is 14.9. The van der Waals surface area contributed by atoms with Crippen molar-refractivity contribution in [2.45, 2.75) is 37.5 Å². The Hall–Kier alpha value is -2.89. The van der Waals surface area contributed by atoms with Crippen molar-refractivity contribution in [3.8, 4) is 16.9 Å². The Kier molecular flexibility index (Phi) is 3.67. The maximum absolute atomic E-state index is 11.9. The first-order valence-corrected chi connectivity index (χ1v) is 9.39. The van der Waals surface area contributed by atoms with E-state index in [0.29, 0.717) is 36.4 Å². The van der Waals surface area contributed by atoms with Gasteiger partial charge in [-0.1, -0.05) is 18.6 Å². The van der Waals surface area contributed by atoms with Crippen molar-refractivity contribution in [3.05, 3.63) is 42.0 Å². The van der Waals surface area contributed by atoms with Crippen LogP contribution in [0.4, 0.5) is 0 Å². The minimum atomic E-state index is -0.774. The number of aliphatic carboxylic acids is 1. The summed E-state index contributed by atoms with van der Waals surface area (Å²) in [5.41, 5.74) is 3.24. The second-order valence-electron chi connectivity index (χ2n) is 7.67. The second-order valence-corrected chi connectivity index (χ2v) is 7.67. The smallest absolute Gasteiger partial charge is 0.314 e. The van der Waals surface area contributed by atoms with E-state index < -0.39 is 11.4 Å². The van der Waals surface area contributed by atoms with E-state index in [1.807, 2.05) is 36.4 Å². The van der Waals surface area contributed by atoms with E-state index in [4.69, 9.17) is 9.37 Å². The fraction of sp³-hybridized carbons (Fsp3) is 0.381. The average Bonchev–Trinajstić information content (AvgIpc) is 3.34. The normalized spacial score (nSPS) is 18.2. The van der Waals surface area contributed by atoms with Crippen molar-refractivity contribution in [1.29, 1.82) is 0 Å². The van der Waals surface area contributed by atoms with E-state index in [1.54, 1.807) is 0 Å². The molecule has 0 atom stereocenters. The number of rotatable bonds is 6. The quantitative estimate of drug-likeness (QED) is 0.706. The van der Waals surface area contributed by atoms with E-state index in [9.17, 15) is 9.90 Å². The molecule has 6 heteroatoms. The topological polar surface area (TPSA) is 85.5 Å². The van der Waals surface area contributed by atoms with Gasteiger partial charge in [0.05, 0.1) is 12.0 Å². The van der Waals surface area contributed by atoms with E-state index in [2.05, 4.69) is 10.3 Å². The van der Waals surface area contributed by atoms with Crippen LogP contribution < -0.4 is 4.74 Å². The lowest BCUT2D eigenvalue weighted by Gasteiger charge is -2.38. The zero-order chi connectivity index (χ0) is 18.4. The van der Waals surface area contributed by atoms with Gasteiger partial charge in [-0.05, 0) is 77.3 Å². The molecule has 2 fully saturated rings. The van der Waals surface area contributed by atoms with Gasteiger partial charge in [0.15, 0.2) is 0 Å². The SMILES string of the molecule is O=C(O)C1(c2ccc(OCC3CC3)c(-c3ccc4nonc4c3)c2)CCC1. The molecule has 1 N–H and O–H groups in total. The number of hydrogen-bond acceptors (Lipinski definition) is 5. The molecule has 0 unspecified atom stereocenters. The van der Waals surface area contributed by atoms with Crippen LogP contribution in [0.5, 0.6) is 5.75 Å². The summed E-state index contributed by atoms with van der Waals surface area (Å²) in [4.78, 5) is 11.9. The number of carboxylic acid groups (broad SMARTS) is 1. The van der Waals surface area contributed by atoms with E-state index in [1.165, 1.54) is 12.8 Å². The number of carboxylic acids is 1. The van der Waals surface area contributed by atoms with Gasteiger partial charge < -0.3 is 9.84 Å². The molecule has 3 aromatic rings. The molecule has 0 spiro atoms. The van der Waals surface area contributed by atoms with E-state index in [0.717, 1.165) is 28.9 Å². The minimum Gasteiger partial charge on any atom is -0.493 e. The highest BCUT2D eigenvalue weighted by molar-refractivity contribution is 5.86. The van der Waals surface area contributed by atoms with Gasteiger partial charge in [-0.3, -0.25) is 4.79 Å². The van der Waals surface area contributed by atoms with Crippen LogP contribution in [0.3, 0.4) is 0 Å². The Morgan fingerprint density at radius 1 is 1.15 bits per heavy atom. The number of nitrogens with zero attached hydrogens (tertiary/aromatic N) is 2. The molecule has 0 saturated heterocycles. The molecule has 2 aromatic carbocycles. The Bertz CT molecular complexity index is 1020. The van der Waals surface area contributed by atoms with Crippen molar-refractivity contribution in [1.82, 2.24) is 10.3 Å². The van der Waals surface area contributed by atoms with Gasteiger partial charge in [0.25, 0.3) is 0 Å². The van der Waals surface area contributed by atoms with Crippen LogP contribution in [0.25, 0.3) is 22.2 Å². The first-order chi connectivity index (χ1) is 13.2. The molecule has 1 aromatic heterocycles. The molecular weight excluding hydrogens is 344 g/mol.